The maximum atomic E-state index is 11.4. The van der Waals surface area contributed by atoms with Crippen LogP contribution < -0.4 is 10.0 Å². The zero-order valence-electron chi connectivity index (χ0n) is 14.0. The molecule has 2 aromatic rings. The highest BCUT2D eigenvalue weighted by Crippen LogP contribution is 2.31. The van der Waals surface area contributed by atoms with Crippen LogP contribution in [0.3, 0.4) is 0 Å². The first kappa shape index (κ1) is 18.2. The highest BCUT2D eigenvalue weighted by atomic mass is 32.2. The van der Waals surface area contributed by atoms with E-state index < -0.39 is 14.9 Å². The molecule has 1 aromatic heterocycles. The van der Waals surface area contributed by atoms with E-state index in [-0.39, 0.29) is 10.6 Å². The Morgan fingerprint density at radius 2 is 1.92 bits per heavy atom. The minimum atomic E-state index is -3.99. The van der Waals surface area contributed by atoms with Gasteiger partial charge in [-0.15, -0.1) is 0 Å². The number of primary sulfonamides is 1. The van der Waals surface area contributed by atoms with Crippen LogP contribution >= 0.6 is 0 Å². The number of pyridine rings is 1. The Kier molecular flexibility index (Phi) is 5.16. The van der Waals surface area contributed by atoms with Crippen molar-refractivity contribution in [2.45, 2.75) is 11.4 Å². The van der Waals surface area contributed by atoms with Gasteiger partial charge in [0.2, 0.25) is 10.0 Å². The van der Waals surface area contributed by atoms with Gasteiger partial charge in [0, 0.05) is 51.2 Å². The standard InChI is InChI=1S/C16H19N5O4S/c17-26(24,25)14-3-4-15(16(10-14)21(22)23)20-8-6-19(7-9-20)12-13-2-1-5-18-11-13/h1-5,10-11H,6-9,12H2,(H2,17,24,25). The summed E-state index contributed by atoms with van der Waals surface area (Å²) >= 11 is 0. The molecule has 0 atom stereocenters. The Labute approximate surface area is 151 Å². The Hall–Kier alpha value is -2.56. The normalized spacial score (nSPS) is 15.8. The second kappa shape index (κ2) is 7.36. The first-order valence-electron chi connectivity index (χ1n) is 8.02. The van der Waals surface area contributed by atoms with Gasteiger partial charge in [-0.1, -0.05) is 6.07 Å². The molecule has 2 heterocycles. The van der Waals surface area contributed by atoms with E-state index in [1.807, 2.05) is 23.2 Å². The second-order valence-corrected chi connectivity index (χ2v) is 7.64. The maximum Gasteiger partial charge on any atom is 0.293 e. The minimum absolute atomic E-state index is 0.253. The zero-order valence-corrected chi connectivity index (χ0v) is 14.8. The molecule has 0 radical (unpaired) electrons. The molecule has 26 heavy (non-hydrogen) atoms. The summed E-state index contributed by atoms with van der Waals surface area (Å²) in [7, 11) is -3.99. The van der Waals surface area contributed by atoms with Crippen LogP contribution in [0.15, 0.2) is 47.6 Å². The topological polar surface area (TPSA) is 123 Å². The lowest BCUT2D eigenvalue weighted by Crippen LogP contribution is -2.46. The van der Waals surface area contributed by atoms with Gasteiger partial charge < -0.3 is 4.90 Å². The van der Waals surface area contributed by atoms with Crippen LogP contribution in [-0.4, -0.2) is 49.4 Å². The van der Waals surface area contributed by atoms with Gasteiger partial charge in [-0.2, -0.15) is 0 Å². The number of nitro benzene ring substituents is 1. The van der Waals surface area contributed by atoms with E-state index in [4.69, 9.17) is 5.14 Å². The third-order valence-corrected chi connectivity index (χ3v) is 5.23. The monoisotopic (exact) mass is 377 g/mol. The average Bonchev–Trinajstić information content (AvgIpc) is 2.62. The molecular formula is C16H19N5O4S. The molecule has 1 fully saturated rings. The van der Waals surface area contributed by atoms with Gasteiger partial charge >= 0.3 is 0 Å². The molecule has 2 N–H and O–H groups in total. The summed E-state index contributed by atoms with van der Waals surface area (Å²) in [5, 5.41) is 16.4. The summed E-state index contributed by atoms with van der Waals surface area (Å²) in [6, 6.07) is 7.68. The molecule has 0 amide bonds. The second-order valence-electron chi connectivity index (χ2n) is 6.08. The van der Waals surface area contributed by atoms with E-state index >= 15 is 0 Å². The Bertz CT molecular complexity index is 896. The van der Waals surface area contributed by atoms with Gasteiger partial charge in [0.25, 0.3) is 5.69 Å². The molecule has 1 aliphatic heterocycles. The van der Waals surface area contributed by atoms with Crippen molar-refractivity contribution in [1.29, 1.82) is 0 Å². The number of benzene rings is 1. The third-order valence-electron chi connectivity index (χ3n) is 4.31. The lowest BCUT2D eigenvalue weighted by molar-refractivity contribution is -0.384. The summed E-state index contributed by atoms with van der Waals surface area (Å²) < 4.78 is 22.9. The first-order valence-corrected chi connectivity index (χ1v) is 9.56. The number of rotatable bonds is 5. The predicted molar refractivity (Wildman–Crippen MR) is 96.2 cm³/mol. The van der Waals surface area contributed by atoms with Crippen molar-refractivity contribution in [3.63, 3.8) is 0 Å². The fraction of sp³-hybridized carbons (Fsp3) is 0.312. The summed E-state index contributed by atoms with van der Waals surface area (Å²) in [5.74, 6) is 0. The first-order chi connectivity index (χ1) is 12.3. The van der Waals surface area contributed by atoms with Crippen molar-refractivity contribution in [2.75, 3.05) is 31.1 Å². The molecule has 9 nitrogen and oxygen atoms in total. The summed E-state index contributed by atoms with van der Waals surface area (Å²) in [6.45, 7) is 3.46. The van der Waals surface area contributed by atoms with Crippen LogP contribution in [0.2, 0.25) is 0 Å². The van der Waals surface area contributed by atoms with Crippen LogP contribution in [0.25, 0.3) is 0 Å². The van der Waals surface area contributed by atoms with Crippen LogP contribution in [0.1, 0.15) is 5.56 Å². The number of anilines is 1. The highest BCUT2D eigenvalue weighted by Gasteiger charge is 2.25. The number of hydrogen-bond donors (Lipinski definition) is 1. The minimum Gasteiger partial charge on any atom is -0.363 e. The van der Waals surface area contributed by atoms with E-state index in [2.05, 4.69) is 9.88 Å². The van der Waals surface area contributed by atoms with Crippen LogP contribution in [0, 0.1) is 10.1 Å². The quantitative estimate of drug-likeness (QED) is 0.608. The number of hydrogen-bond acceptors (Lipinski definition) is 7. The number of nitro groups is 1. The molecule has 0 aliphatic carbocycles. The third kappa shape index (κ3) is 4.15. The average molecular weight is 377 g/mol. The number of nitrogens with two attached hydrogens (primary N) is 1. The van der Waals surface area contributed by atoms with E-state index in [0.29, 0.717) is 18.8 Å². The molecular weight excluding hydrogens is 358 g/mol. The van der Waals surface area contributed by atoms with E-state index in [0.717, 1.165) is 31.3 Å². The highest BCUT2D eigenvalue weighted by molar-refractivity contribution is 7.89. The number of sulfonamides is 1. The van der Waals surface area contributed by atoms with Crippen LogP contribution in [-0.2, 0) is 16.6 Å². The van der Waals surface area contributed by atoms with Gasteiger partial charge in [-0.3, -0.25) is 20.0 Å². The van der Waals surface area contributed by atoms with E-state index in [9.17, 15) is 18.5 Å². The summed E-state index contributed by atoms with van der Waals surface area (Å²) in [5.41, 5.74) is 1.27. The van der Waals surface area contributed by atoms with Crippen molar-refractivity contribution in [2.24, 2.45) is 5.14 Å². The molecule has 0 unspecified atom stereocenters. The molecule has 1 aliphatic rings. The van der Waals surface area contributed by atoms with Crippen molar-refractivity contribution in [3.8, 4) is 0 Å². The van der Waals surface area contributed by atoms with E-state index in [1.165, 1.54) is 12.1 Å². The molecule has 1 aromatic carbocycles. The van der Waals surface area contributed by atoms with Crippen LogP contribution in [0.5, 0.6) is 0 Å². The molecule has 0 saturated carbocycles. The van der Waals surface area contributed by atoms with Crippen molar-refractivity contribution >= 4 is 21.4 Å². The molecule has 1 saturated heterocycles. The van der Waals surface area contributed by atoms with Crippen molar-refractivity contribution < 1.29 is 13.3 Å². The fourth-order valence-electron chi connectivity index (χ4n) is 2.99. The Balaban J connectivity index is 1.74. The van der Waals surface area contributed by atoms with Crippen LogP contribution in [0.4, 0.5) is 11.4 Å². The molecule has 0 spiro atoms. The van der Waals surface area contributed by atoms with Gasteiger partial charge in [0.1, 0.15) is 5.69 Å². The maximum absolute atomic E-state index is 11.4. The zero-order chi connectivity index (χ0) is 18.7. The molecule has 138 valence electrons. The van der Waals surface area contributed by atoms with Crippen molar-refractivity contribution in [1.82, 2.24) is 9.88 Å². The largest absolute Gasteiger partial charge is 0.363 e. The molecule has 0 bridgehead atoms. The van der Waals surface area contributed by atoms with E-state index in [1.54, 1.807) is 6.20 Å². The SMILES string of the molecule is NS(=O)(=O)c1ccc(N2CCN(Cc3cccnc3)CC2)c([N+](=O)[O-])c1. The van der Waals surface area contributed by atoms with Gasteiger partial charge in [-0.05, 0) is 23.8 Å². The smallest absolute Gasteiger partial charge is 0.293 e. The fourth-order valence-corrected chi connectivity index (χ4v) is 3.52. The Morgan fingerprint density at radius 1 is 1.19 bits per heavy atom. The van der Waals surface area contributed by atoms with Gasteiger partial charge in [0.05, 0.1) is 9.82 Å². The summed E-state index contributed by atoms with van der Waals surface area (Å²) in [6.07, 6.45) is 3.55. The molecule has 10 heteroatoms. The van der Waals surface area contributed by atoms with Gasteiger partial charge in [-0.25, -0.2) is 13.6 Å². The lowest BCUT2D eigenvalue weighted by Gasteiger charge is -2.35. The Morgan fingerprint density at radius 3 is 2.50 bits per heavy atom. The lowest BCUT2D eigenvalue weighted by atomic mass is 10.2. The van der Waals surface area contributed by atoms with Crippen molar-refractivity contribution in [3.05, 3.63) is 58.4 Å². The molecule has 3 rings (SSSR count). The number of nitrogens with zero attached hydrogens (tertiary/aromatic N) is 4. The summed E-state index contributed by atoms with van der Waals surface area (Å²) in [4.78, 5) is 18.8. The number of piperazine rings is 1. The van der Waals surface area contributed by atoms with Gasteiger partial charge in [0.15, 0.2) is 0 Å². The number of aromatic nitrogens is 1. The predicted octanol–water partition coefficient (Wildman–Crippen LogP) is 0.959.